The number of aromatic nitrogens is 3. The highest BCUT2D eigenvalue weighted by Crippen LogP contribution is 2.40. The van der Waals surface area contributed by atoms with Crippen molar-refractivity contribution >= 4 is 49.8 Å². The monoisotopic (exact) mass is 1130 g/mol. The van der Waals surface area contributed by atoms with Gasteiger partial charge < -0.3 is 38.0 Å². The number of benzene rings is 4. The second kappa shape index (κ2) is 31.9. The van der Waals surface area contributed by atoms with E-state index in [1.54, 1.807) is 44.5 Å². The van der Waals surface area contributed by atoms with Crippen molar-refractivity contribution in [3.05, 3.63) is 173 Å². The Hall–Kier alpha value is -6.60. The van der Waals surface area contributed by atoms with Gasteiger partial charge >= 0.3 is 23.9 Å². The smallest absolute Gasteiger partial charge is 0.323 e. The molecule has 0 spiro atoms. The van der Waals surface area contributed by atoms with E-state index in [9.17, 15) is 24.0 Å². The van der Waals surface area contributed by atoms with Crippen LogP contribution in [-0.4, -0.2) is 121 Å². The molecule has 1 unspecified atom stereocenters. The van der Waals surface area contributed by atoms with Gasteiger partial charge in [0, 0.05) is 18.7 Å². The summed E-state index contributed by atoms with van der Waals surface area (Å²) in [7, 11) is -8.15. The molecule has 2 heterocycles. The molecule has 79 heavy (non-hydrogen) atoms. The van der Waals surface area contributed by atoms with E-state index in [2.05, 4.69) is 30.3 Å². The molecule has 0 radical (unpaired) electrons. The quantitative estimate of drug-likeness (QED) is 0.0119. The van der Waals surface area contributed by atoms with Crippen molar-refractivity contribution < 1.29 is 56.7 Å². The zero-order chi connectivity index (χ0) is 56.5. The van der Waals surface area contributed by atoms with Crippen LogP contribution >= 0.6 is 14.9 Å². The molecule has 0 saturated carbocycles. The molecule has 0 aliphatic rings. The third-order valence-electron chi connectivity index (χ3n) is 12.4. The number of ether oxygens (including phenoxy) is 6. The highest BCUT2D eigenvalue weighted by atomic mass is 31.2. The third kappa shape index (κ3) is 19.9. The van der Waals surface area contributed by atoms with Gasteiger partial charge in [0.2, 0.25) is 14.9 Å². The van der Waals surface area contributed by atoms with Gasteiger partial charge in [-0.3, -0.25) is 33.1 Å². The lowest BCUT2D eigenvalue weighted by atomic mass is 10.1. The molecule has 6 aromatic rings. The average Bonchev–Trinajstić information content (AvgIpc) is 3.86. The predicted octanol–water partition coefficient (Wildman–Crippen LogP) is 6.77. The number of rotatable bonds is 35. The van der Waals surface area contributed by atoms with E-state index in [-0.39, 0.29) is 90.2 Å². The van der Waals surface area contributed by atoms with Crippen LogP contribution in [0.25, 0.3) is 11.0 Å². The summed E-state index contributed by atoms with van der Waals surface area (Å²) >= 11 is 0. The summed E-state index contributed by atoms with van der Waals surface area (Å²) in [5, 5.41) is 12.5. The SMILES string of the molecule is CCOC(=O)[C@H](Cc1ccccc1)NP(=O)(CCOCC(COCP(=O)(N[C@@H](Cc1ccccc1)C(=O)OCC)N[C@@H](Cc1ccccc1)C(=O)OCC)Cn1ccc2c(=O)[nH]cnc21)N[C@@H](Cc1ccccc1)C(=O)OCC. The first-order valence-corrected chi connectivity index (χ1v) is 30.3. The molecule has 6 rings (SSSR count). The lowest BCUT2D eigenvalue weighted by Crippen LogP contribution is -2.46. The molecule has 0 aliphatic carbocycles. The standard InChI is InChI=1S/C57H73N7O13P2/c1-5-74-54(66)48(33-42-21-13-9-14-22-42)60-78(70,61-49(55(67)75-6-2)34-43-23-15-10-16-24-43)32-31-72-38-46(37-64-30-29-47-52(64)58-40-59-53(47)65)39-73-41-79(71,62-50(56(68)76-7-3)35-44-25-17-11-18-26-44)63-51(57(69)77-8-4)36-45-27-19-12-20-28-45/h9-30,40,46,48-51H,5-8,31-39,41H2,1-4H3,(H,58,59,65)(H2,60,61,70)(H2,62,63,71)/t46?,48-,49-,50-,51-/m0/s1. The van der Waals surface area contributed by atoms with E-state index < -0.39 is 75.2 Å². The van der Waals surface area contributed by atoms with Gasteiger partial charge in [0.15, 0.2) is 0 Å². The second-order valence-corrected chi connectivity index (χ2v) is 23.3. The summed E-state index contributed by atoms with van der Waals surface area (Å²) in [5.41, 5.74) is 3.09. The summed E-state index contributed by atoms with van der Waals surface area (Å²) in [5.74, 6) is -3.20. The number of carbonyl (C=O) groups is 4. The van der Waals surface area contributed by atoms with Gasteiger partial charge in [0.05, 0.1) is 64.1 Å². The lowest BCUT2D eigenvalue weighted by Gasteiger charge is -2.30. The molecule has 0 fully saturated rings. The van der Waals surface area contributed by atoms with Crippen molar-refractivity contribution in [3.8, 4) is 0 Å². The van der Waals surface area contributed by atoms with Crippen LogP contribution in [-0.2, 0) is 89.0 Å². The van der Waals surface area contributed by atoms with Crippen molar-refractivity contribution in [2.24, 2.45) is 5.92 Å². The van der Waals surface area contributed by atoms with Crippen molar-refractivity contribution in [2.75, 3.05) is 58.8 Å². The molecule has 5 atom stereocenters. The van der Waals surface area contributed by atoms with E-state index in [0.29, 0.717) is 11.0 Å². The number of hydrogen-bond acceptors (Lipinski definition) is 14. The minimum absolute atomic E-state index is 0.0525. The average molecular weight is 1130 g/mol. The largest absolute Gasteiger partial charge is 0.465 e. The van der Waals surface area contributed by atoms with E-state index in [1.165, 1.54) is 6.33 Å². The first-order valence-electron chi connectivity index (χ1n) is 26.5. The number of aromatic amines is 1. The van der Waals surface area contributed by atoms with Crippen molar-refractivity contribution in [2.45, 2.75) is 84.1 Å². The molecule has 20 nitrogen and oxygen atoms in total. The maximum absolute atomic E-state index is 15.5. The van der Waals surface area contributed by atoms with Crippen LogP contribution in [0.4, 0.5) is 0 Å². The molecule has 0 saturated heterocycles. The third-order valence-corrected chi connectivity index (χ3v) is 16.7. The van der Waals surface area contributed by atoms with Crippen LogP contribution in [0.5, 0.6) is 0 Å². The van der Waals surface area contributed by atoms with Crippen LogP contribution in [0, 0.1) is 5.92 Å². The number of hydrogen-bond donors (Lipinski definition) is 5. The van der Waals surface area contributed by atoms with Gasteiger partial charge in [-0.1, -0.05) is 121 Å². The molecule has 424 valence electrons. The van der Waals surface area contributed by atoms with Gasteiger partial charge in [-0.15, -0.1) is 0 Å². The van der Waals surface area contributed by atoms with Gasteiger partial charge in [-0.25, -0.2) is 25.3 Å². The molecule has 22 heteroatoms. The van der Waals surface area contributed by atoms with Gasteiger partial charge in [0.1, 0.15) is 36.2 Å². The fourth-order valence-electron chi connectivity index (χ4n) is 8.77. The van der Waals surface area contributed by atoms with Gasteiger partial charge in [-0.05, 0) is 81.7 Å². The van der Waals surface area contributed by atoms with Gasteiger partial charge in [-0.2, -0.15) is 0 Å². The minimum atomic E-state index is -4.15. The fraction of sp³-hybridized carbons (Fsp3) is 0.404. The van der Waals surface area contributed by atoms with Crippen LogP contribution in [0.1, 0.15) is 49.9 Å². The summed E-state index contributed by atoms with van der Waals surface area (Å²) in [6, 6.07) is 33.8. The lowest BCUT2D eigenvalue weighted by molar-refractivity contribution is -0.146. The van der Waals surface area contributed by atoms with Crippen LogP contribution < -0.4 is 25.9 Å². The summed E-state index contributed by atoms with van der Waals surface area (Å²) in [6.45, 7) is 6.70. The van der Waals surface area contributed by atoms with Gasteiger partial charge in [0.25, 0.3) is 5.56 Å². The fourth-order valence-corrected chi connectivity index (χ4v) is 12.9. The maximum atomic E-state index is 15.5. The van der Waals surface area contributed by atoms with E-state index in [0.717, 1.165) is 22.3 Å². The second-order valence-electron chi connectivity index (χ2n) is 18.6. The molecule has 2 aromatic heterocycles. The number of esters is 4. The molecule has 4 aromatic carbocycles. The van der Waals surface area contributed by atoms with Crippen LogP contribution in [0.15, 0.2) is 145 Å². The Morgan fingerprint density at radius 3 is 1.28 bits per heavy atom. The molecular weight excluding hydrogens is 1050 g/mol. The number of nitrogens with zero attached hydrogens (tertiary/aromatic N) is 2. The first-order chi connectivity index (χ1) is 38.2. The molecular formula is C57H73N7O13P2. The molecule has 0 bridgehead atoms. The Balaban J connectivity index is 1.29. The Kier molecular flexibility index (Phi) is 24.8. The summed E-state index contributed by atoms with van der Waals surface area (Å²) < 4.78 is 67.4. The number of carbonyl (C=O) groups excluding carboxylic acids is 4. The zero-order valence-corrected chi connectivity index (χ0v) is 47.0. The first kappa shape index (κ1) is 61.6. The zero-order valence-electron chi connectivity index (χ0n) is 45.2. The highest BCUT2D eigenvalue weighted by molar-refractivity contribution is 7.60. The Morgan fingerprint density at radius 2 is 0.899 bits per heavy atom. The van der Waals surface area contributed by atoms with E-state index in [1.807, 2.05) is 121 Å². The molecule has 0 aliphatic heterocycles. The van der Waals surface area contributed by atoms with Crippen molar-refractivity contribution in [3.63, 3.8) is 0 Å². The summed E-state index contributed by atoms with van der Waals surface area (Å²) in [4.78, 5) is 74.4. The minimum Gasteiger partial charge on any atom is -0.465 e. The topological polar surface area (TPSA) is 257 Å². The Labute approximate surface area is 461 Å². The highest BCUT2D eigenvalue weighted by Gasteiger charge is 2.38. The Bertz CT molecular complexity index is 2850. The van der Waals surface area contributed by atoms with E-state index in [4.69, 9.17) is 28.4 Å². The van der Waals surface area contributed by atoms with Crippen LogP contribution in [0.2, 0.25) is 0 Å². The molecule has 0 amide bonds. The predicted molar refractivity (Wildman–Crippen MR) is 300 cm³/mol. The van der Waals surface area contributed by atoms with Crippen molar-refractivity contribution in [1.82, 2.24) is 34.9 Å². The number of nitrogens with one attached hydrogen (secondary N) is 5. The number of fused-ring (bicyclic) bond motifs is 1. The molecule has 5 N–H and O–H groups in total. The van der Waals surface area contributed by atoms with Crippen LogP contribution in [0.3, 0.4) is 0 Å². The van der Waals surface area contributed by atoms with E-state index >= 15 is 9.13 Å². The maximum Gasteiger partial charge on any atom is 0.323 e. The van der Waals surface area contributed by atoms with Crippen molar-refractivity contribution in [1.29, 1.82) is 0 Å². The Morgan fingerprint density at radius 1 is 0.532 bits per heavy atom. The summed E-state index contributed by atoms with van der Waals surface area (Å²) in [6.07, 6.45) is 2.63. The number of H-pyrrole nitrogens is 1. The normalized spacial score (nSPS) is 13.7.